The number of hydrogen-bond donors (Lipinski definition) is 1. The van der Waals surface area contributed by atoms with Crippen LogP contribution >= 0.6 is 46.3 Å². The molecule has 1 fully saturated rings. The normalized spacial score (nSPS) is 16.7. The van der Waals surface area contributed by atoms with Crippen molar-refractivity contribution >= 4 is 92.6 Å². The minimum Gasteiger partial charge on any atom is -0.497 e. The predicted molar refractivity (Wildman–Crippen MR) is 241 cm³/mol. The van der Waals surface area contributed by atoms with E-state index in [0.29, 0.717) is 27.6 Å². The van der Waals surface area contributed by atoms with Gasteiger partial charge in [0.1, 0.15) is 58.0 Å². The number of nitrogens with zero attached hydrogens (tertiary/aromatic N) is 6. The van der Waals surface area contributed by atoms with E-state index in [-0.39, 0.29) is 69.5 Å². The lowest BCUT2D eigenvalue weighted by molar-refractivity contribution is -0.663. The van der Waals surface area contributed by atoms with Crippen LogP contribution in [0, 0.1) is 18.7 Å². The molecule has 2 atom stereocenters. The number of amidine groups is 1. The average Bonchev–Trinajstić information content (AvgIpc) is 3.82. The standard InChI is InChI=1S/C44H42Cl2FN7O8S2/c1-23-49-36(38(46)64-23)35(51-60-6)34(55)18-28-40(56)54-37(42(57)61-21-24-9-11-27(59-5)12-10-24)26(22-63-41(28)54)19-52-14-7-8-32-33(52)13-15-53(32)20-29-30(45)16-25(17-31(29)47)39(48)50-43(58)62-44(2,3)4/h7-17,28,41H,18-22H2,1-6H3,(H-,48,50,58)/p+1/b51-35+/t28-,41-/m1/s1. The van der Waals surface area contributed by atoms with Gasteiger partial charge in [-0.3, -0.25) is 14.5 Å². The molecule has 7 rings (SSSR count). The first-order valence-corrected chi connectivity index (χ1v) is 22.4. The molecule has 0 radical (unpaired) electrons. The average molecular weight is 952 g/mol. The van der Waals surface area contributed by atoms with Crippen LogP contribution in [0.1, 0.15) is 54.6 Å². The highest BCUT2D eigenvalue weighted by Gasteiger charge is 2.55. The number of aliphatic imine (C=N–C) groups is 1. The molecule has 15 nitrogen and oxygen atoms in total. The number of rotatable bonds is 14. The number of hydrogen-bond acceptors (Lipinski definition) is 12. The lowest BCUT2D eigenvalue weighted by Crippen LogP contribution is -2.62. The van der Waals surface area contributed by atoms with Crippen LogP contribution in [0.4, 0.5) is 9.18 Å². The first-order chi connectivity index (χ1) is 30.5. The van der Waals surface area contributed by atoms with Gasteiger partial charge in [-0.15, -0.1) is 23.1 Å². The summed E-state index contributed by atoms with van der Waals surface area (Å²) in [5.41, 5.74) is 8.50. The Labute approximate surface area is 385 Å². The van der Waals surface area contributed by atoms with Crippen molar-refractivity contribution < 1.29 is 47.2 Å². The molecule has 2 aromatic carbocycles. The van der Waals surface area contributed by atoms with Crippen molar-refractivity contribution in [1.29, 1.82) is 0 Å². The molecule has 2 aliphatic rings. The molecule has 2 amide bonds. The molecular formula is C44H43Cl2FN7O8S2+. The number of amides is 2. The summed E-state index contributed by atoms with van der Waals surface area (Å²) in [4.78, 5) is 68.6. The largest absolute Gasteiger partial charge is 0.497 e. The molecule has 5 aromatic rings. The maximum Gasteiger partial charge on any atom is 0.436 e. The molecule has 1 saturated heterocycles. The smallest absolute Gasteiger partial charge is 0.436 e. The lowest BCUT2D eigenvalue weighted by Gasteiger charge is -2.49. The molecular weight excluding hydrogens is 909 g/mol. The van der Waals surface area contributed by atoms with E-state index in [0.717, 1.165) is 17.1 Å². The zero-order valence-corrected chi connectivity index (χ0v) is 38.7. The monoisotopic (exact) mass is 950 g/mol. The number of Topliss-reactive ketones (excluding diaryl/α,β-unsaturated/α-hetero) is 1. The number of aromatic nitrogens is 3. The number of carbonyl (C=O) groups excluding carboxylic acids is 4. The van der Waals surface area contributed by atoms with E-state index in [4.69, 9.17) is 48.0 Å². The third kappa shape index (κ3) is 9.94. The van der Waals surface area contributed by atoms with Crippen LogP contribution in [0.5, 0.6) is 5.75 Å². The van der Waals surface area contributed by atoms with Crippen LogP contribution in [0.25, 0.3) is 11.0 Å². The first kappa shape index (κ1) is 46.2. The number of fused-ring (bicyclic) bond motifs is 2. The number of aryl methyl sites for hydroxylation is 1. The maximum atomic E-state index is 15.7. The number of pyridine rings is 1. The Kier molecular flexibility index (Phi) is 13.8. The van der Waals surface area contributed by atoms with E-state index in [1.165, 1.54) is 41.2 Å². The number of nitrogens with two attached hydrogens (primary N) is 1. The van der Waals surface area contributed by atoms with E-state index in [9.17, 15) is 19.2 Å². The number of methoxy groups -OCH3 is 1. The van der Waals surface area contributed by atoms with Crippen molar-refractivity contribution in [3.63, 3.8) is 0 Å². The van der Waals surface area contributed by atoms with Crippen molar-refractivity contribution in [2.45, 2.75) is 64.8 Å². The molecule has 20 heteroatoms. The predicted octanol–water partition coefficient (Wildman–Crippen LogP) is 7.38. The van der Waals surface area contributed by atoms with Gasteiger partial charge in [0.15, 0.2) is 24.2 Å². The van der Waals surface area contributed by atoms with Gasteiger partial charge in [-0.25, -0.2) is 19.0 Å². The Bertz CT molecular complexity index is 2740. The van der Waals surface area contributed by atoms with Crippen LogP contribution in [0.3, 0.4) is 0 Å². The summed E-state index contributed by atoms with van der Waals surface area (Å²) >= 11 is 15.6. The molecule has 2 aliphatic heterocycles. The molecule has 0 saturated carbocycles. The van der Waals surface area contributed by atoms with Crippen molar-refractivity contribution in [3.8, 4) is 5.75 Å². The van der Waals surface area contributed by atoms with Gasteiger partial charge < -0.3 is 29.3 Å². The highest BCUT2D eigenvalue weighted by atomic mass is 35.5. The summed E-state index contributed by atoms with van der Waals surface area (Å²) < 4.78 is 36.0. The molecule has 0 bridgehead atoms. The topological polar surface area (TPSA) is 181 Å². The summed E-state index contributed by atoms with van der Waals surface area (Å²) in [6, 6.07) is 15.2. The Balaban J connectivity index is 1.15. The number of ketones is 1. The zero-order valence-electron chi connectivity index (χ0n) is 35.5. The number of carbonyl (C=O) groups is 4. The number of esters is 1. The highest BCUT2D eigenvalue weighted by molar-refractivity contribution is 8.00. The van der Waals surface area contributed by atoms with Gasteiger partial charge >= 0.3 is 12.1 Å². The summed E-state index contributed by atoms with van der Waals surface area (Å²) in [6.45, 7) is 6.97. The van der Waals surface area contributed by atoms with Crippen LogP contribution in [0.2, 0.25) is 9.36 Å². The molecule has 0 spiro atoms. The number of halogens is 3. The van der Waals surface area contributed by atoms with Crippen LogP contribution in [-0.4, -0.2) is 80.7 Å². The molecule has 5 heterocycles. The second-order valence-electron chi connectivity index (χ2n) is 15.7. The number of β-lactam (4-membered cyclic amide) rings is 1. The SMILES string of the molecule is CO/N=C(\C(=O)C[C@@H]1C(=O)N2C(C(=O)OCc3ccc(OC)cc3)=C(C[n+]3cccc4c3ccn4Cc3c(F)cc(C(N)=NC(=O)OC(C)(C)C)cc3Cl)CS[C@H]12)c1nc(C)sc1Cl. The Morgan fingerprint density at radius 3 is 2.50 bits per heavy atom. The van der Waals surface area contributed by atoms with Gasteiger partial charge in [0.05, 0.1) is 30.0 Å². The van der Waals surface area contributed by atoms with Gasteiger partial charge in [0.25, 0.3) is 0 Å². The fourth-order valence-corrected chi connectivity index (χ4v) is 10.0. The van der Waals surface area contributed by atoms with E-state index in [1.807, 2.05) is 33.5 Å². The highest BCUT2D eigenvalue weighted by Crippen LogP contribution is 2.46. The molecule has 3 aromatic heterocycles. The molecule has 0 unspecified atom stereocenters. The number of oxime groups is 1. The summed E-state index contributed by atoms with van der Waals surface area (Å²) in [5, 5.41) is 4.07. The summed E-state index contributed by atoms with van der Waals surface area (Å²) in [5.74, 6) is -2.31. The summed E-state index contributed by atoms with van der Waals surface area (Å²) in [6.07, 6.45) is 2.50. The van der Waals surface area contributed by atoms with Gasteiger partial charge in [-0.2, -0.15) is 9.56 Å². The third-order valence-corrected chi connectivity index (χ3v) is 13.1. The Morgan fingerprint density at radius 1 is 1.09 bits per heavy atom. The van der Waals surface area contributed by atoms with E-state index >= 15 is 4.39 Å². The van der Waals surface area contributed by atoms with Crippen LogP contribution in [0.15, 0.2) is 88.4 Å². The Hall–Kier alpha value is -5.82. The number of benzene rings is 2. The maximum absolute atomic E-state index is 15.7. The van der Waals surface area contributed by atoms with Gasteiger partial charge in [0.2, 0.25) is 11.4 Å². The molecule has 334 valence electrons. The zero-order chi connectivity index (χ0) is 46.0. The molecule has 64 heavy (non-hydrogen) atoms. The summed E-state index contributed by atoms with van der Waals surface area (Å²) in [7, 11) is 2.86. The minimum atomic E-state index is -0.915. The van der Waals surface area contributed by atoms with Crippen molar-refractivity contribution in [3.05, 3.63) is 121 Å². The lowest BCUT2D eigenvalue weighted by atomic mass is 9.89. The number of thioether (sulfide) groups is 1. The quantitative estimate of drug-likeness (QED) is 0.0293. The fourth-order valence-electron chi connectivity index (χ4n) is 7.25. The van der Waals surface area contributed by atoms with E-state index < -0.39 is 46.5 Å². The molecule has 0 aliphatic carbocycles. The van der Waals surface area contributed by atoms with Gasteiger partial charge in [-0.05, 0) is 63.6 Å². The van der Waals surface area contributed by atoms with Gasteiger partial charge in [-0.1, -0.05) is 40.5 Å². The molecule has 2 N–H and O–H groups in total. The van der Waals surface area contributed by atoms with Crippen molar-refractivity contribution in [2.24, 2.45) is 21.8 Å². The van der Waals surface area contributed by atoms with E-state index in [1.54, 1.807) is 65.3 Å². The van der Waals surface area contributed by atoms with Crippen LogP contribution in [-0.2, 0) is 48.4 Å². The Morgan fingerprint density at radius 2 is 1.84 bits per heavy atom. The van der Waals surface area contributed by atoms with Crippen molar-refractivity contribution in [1.82, 2.24) is 14.5 Å². The first-order valence-electron chi connectivity index (χ1n) is 19.7. The fraction of sp³-hybridized carbons (Fsp3) is 0.318. The minimum absolute atomic E-state index is 0.0399. The van der Waals surface area contributed by atoms with Gasteiger partial charge in [0, 0.05) is 52.2 Å². The second kappa shape index (κ2) is 19.1. The third-order valence-electron chi connectivity index (χ3n) is 10.2. The second-order valence-corrected chi connectivity index (χ2v) is 19.1. The number of ether oxygens (including phenoxy) is 3. The van der Waals surface area contributed by atoms with Crippen molar-refractivity contribution in [2.75, 3.05) is 20.0 Å². The van der Waals surface area contributed by atoms with E-state index in [2.05, 4.69) is 15.1 Å². The number of thiazole rings is 1. The van der Waals surface area contributed by atoms with Crippen LogP contribution < -0.4 is 15.0 Å².